The summed E-state index contributed by atoms with van der Waals surface area (Å²) in [6.45, 7) is 8.97. The van der Waals surface area contributed by atoms with E-state index in [1.54, 1.807) is 7.11 Å². The topological polar surface area (TPSA) is 36.9 Å². The minimum Gasteiger partial charge on any atom is -0.384 e. The highest BCUT2D eigenvalue weighted by Crippen LogP contribution is 2.16. The molecule has 1 atom stereocenters. The highest BCUT2D eigenvalue weighted by Gasteiger charge is 2.24. The van der Waals surface area contributed by atoms with Crippen molar-refractivity contribution in [2.45, 2.75) is 26.7 Å². The zero-order valence-corrected chi connectivity index (χ0v) is 16.9. The maximum Gasteiger partial charge on any atom is 0.193 e. The standard InChI is InChI=1S/C18H29N3O.HI/c1-4-19-18(21-11-9-17(13-21)14-22-3)20-10-8-16-7-5-6-15(2)12-16;/h5-7,12,17H,4,8-11,13-14H2,1-3H3,(H,19,20);1H. The van der Waals surface area contributed by atoms with E-state index >= 15 is 0 Å². The molecule has 1 saturated heterocycles. The summed E-state index contributed by atoms with van der Waals surface area (Å²) in [5, 5.41) is 3.42. The molecule has 5 heteroatoms. The molecule has 130 valence electrons. The molecule has 4 nitrogen and oxygen atoms in total. The summed E-state index contributed by atoms with van der Waals surface area (Å²) < 4.78 is 5.28. The van der Waals surface area contributed by atoms with Gasteiger partial charge >= 0.3 is 0 Å². The van der Waals surface area contributed by atoms with E-state index in [0.717, 1.165) is 45.2 Å². The Bertz CT molecular complexity index is 493. The largest absolute Gasteiger partial charge is 0.384 e. The third-order valence-electron chi connectivity index (χ3n) is 4.07. The van der Waals surface area contributed by atoms with Gasteiger partial charge in [-0.25, -0.2) is 0 Å². The summed E-state index contributed by atoms with van der Waals surface area (Å²) >= 11 is 0. The fraction of sp³-hybridized carbons (Fsp3) is 0.611. The molecule has 1 unspecified atom stereocenters. The molecule has 1 aromatic carbocycles. The van der Waals surface area contributed by atoms with Crippen molar-refractivity contribution in [3.63, 3.8) is 0 Å². The highest BCUT2D eigenvalue weighted by molar-refractivity contribution is 14.0. The lowest BCUT2D eigenvalue weighted by molar-refractivity contribution is 0.157. The Morgan fingerprint density at radius 2 is 2.26 bits per heavy atom. The Hall–Kier alpha value is -0.820. The SMILES string of the molecule is CCNC(=NCCc1cccc(C)c1)N1CCC(COC)C1.I. The van der Waals surface area contributed by atoms with E-state index in [4.69, 9.17) is 9.73 Å². The van der Waals surface area contributed by atoms with Gasteiger partial charge in [-0.3, -0.25) is 4.99 Å². The number of nitrogens with one attached hydrogen (secondary N) is 1. The number of guanidine groups is 1. The average Bonchev–Trinajstić information content (AvgIpc) is 2.95. The molecule has 1 N–H and O–H groups in total. The minimum atomic E-state index is 0. The van der Waals surface area contributed by atoms with E-state index in [2.05, 4.69) is 48.3 Å². The number of nitrogens with zero attached hydrogens (tertiary/aromatic N) is 2. The molecule has 0 aliphatic carbocycles. The molecule has 2 rings (SSSR count). The van der Waals surface area contributed by atoms with Crippen LogP contribution >= 0.6 is 24.0 Å². The monoisotopic (exact) mass is 431 g/mol. The Morgan fingerprint density at radius 1 is 1.43 bits per heavy atom. The number of aliphatic imine (C=N–C) groups is 1. The van der Waals surface area contributed by atoms with E-state index in [0.29, 0.717) is 5.92 Å². The first-order valence-electron chi connectivity index (χ1n) is 8.30. The first-order chi connectivity index (χ1) is 10.7. The van der Waals surface area contributed by atoms with Crippen molar-refractivity contribution in [3.05, 3.63) is 35.4 Å². The molecule has 23 heavy (non-hydrogen) atoms. The molecule has 0 amide bonds. The summed E-state index contributed by atoms with van der Waals surface area (Å²) in [6, 6.07) is 8.68. The predicted molar refractivity (Wildman–Crippen MR) is 108 cm³/mol. The summed E-state index contributed by atoms with van der Waals surface area (Å²) in [5.41, 5.74) is 2.67. The van der Waals surface area contributed by atoms with Crippen LogP contribution in [-0.4, -0.2) is 50.8 Å². The van der Waals surface area contributed by atoms with Crippen molar-refractivity contribution < 1.29 is 4.74 Å². The molecule has 1 aromatic rings. The molecule has 0 spiro atoms. The lowest BCUT2D eigenvalue weighted by Crippen LogP contribution is -2.40. The molecule has 1 aliphatic rings. The van der Waals surface area contributed by atoms with Crippen LogP contribution in [-0.2, 0) is 11.2 Å². The Balaban J connectivity index is 0.00000264. The number of ether oxygens (including phenoxy) is 1. The van der Waals surface area contributed by atoms with E-state index in [1.165, 1.54) is 17.5 Å². The second-order valence-corrected chi connectivity index (χ2v) is 6.03. The lowest BCUT2D eigenvalue weighted by atomic mass is 10.1. The van der Waals surface area contributed by atoms with Crippen LogP contribution in [0, 0.1) is 12.8 Å². The average molecular weight is 431 g/mol. The Morgan fingerprint density at radius 3 is 2.96 bits per heavy atom. The quantitative estimate of drug-likeness (QED) is 0.427. The molecular formula is C18H30IN3O. The van der Waals surface area contributed by atoms with Crippen LogP contribution in [0.15, 0.2) is 29.3 Å². The van der Waals surface area contributed by atoms with Gasteiger partial charge in [-0.15, -0.1) is 24.0 Å². The number of hydrogen-bond donors (Lipinski definition) is 1. The summed E-state index contributed by atoms with van der Waals surface area (Å²) in [7, 11) is 1.78. The number of methoxy groups -OCH3 is 1. The molecule has 0 aromatic heterocycles. The normalized spacial score (nSPS) is 18.0. The Kier molecular flexibility index (Phi) is 9.55. The molecule has 0 radical (unpaired) electrons. The van der Waals surface area contributed by atoms with Crippen molar-refractivity contribution in [3.8, 4) is 0 Å². The fourth-order valence-electron chi connectivity index (χ4n) is 2.98. The number of benzene rings is 1. The highest BCUT2D eigenvalue weighted by atomic mass is 127. The maximum absolute atomic E-state index is 5.28. The van der Waals surface area contributed by atoms with Crippen LogP contribution in [0.5, 0.6) is 0 Å². The summed E-state index contributed by atoms with van der Waals surface area (Å²) in [6.07, 6.45) is 2.18. The van der Waals surface area contributed by atoms with E-state index in [-0.39, 0.29) is 24.0 Å². The van der Waals surface area contributed by atoms with Gasteiger partial charge in [0.15, 0.2) is 5.96 Å². The van der Waals surface area contributed by atoms with Gasteiger partial charge in [-0.05, 0) is 32.3 Å². The van der Waals surface area contributed by atoms with Crippen molar-refractivity contribution in [1.29, 1.82) is 0 Å². The molecular weight excluding hydrogens is 401 g/mol. The summed E-state index contributed by atoms with van der Waals surface area (Å²) in [5.74, 6) is 1.68. The van der Waals surface area contributed by atoms with Gasteiger partial charge in [0.1, 0.15) is 0 Å². The second-order valence-electron chi connectivity index (χ2n) is 6.03. The smallest absolute Gasteiger partial charge is 0.193 e. The van der Waals surface area contributed by atoms with Gasteiger partial charge < -0.3 is 15.0 Å². The van der Waals surface area contributed by atoms with Gasteiger partial charge in [-0.2, -0.15) is 0 Å². The van der Waals surface area contributed by atoms with Crippen LogP contribution in [0.25, 0.3) is 0 Å². The minimum absolute atomic E-state index is 0. The predicted octanol–water partition coefficient (Wildman–Crippen LogP) is 3.09. The second kappa shape index (κ2) is 10.9. The van der Waals surface area contributed by atoms with Crippen molar-refractivity contribution in [1.82, 2.24) is 10.2 Å². The van der Waals surface area contributed by atoms with Crippen LogP contribution in [0.3, 0.4) is 0 Å². The van der Waals surface area contributed by atoms with Crippen LogP contribution in [0.2, 0.25) is 0 Å². The van der Waals surface area contributed by atoms with Crippen molar-refractivity contribution >= 4 is 29.9 Å². The lowest BCUT2D eigenvalue weighted by Gasteiger charge is -2.21. The van der Waals surface area contributed by atoms with Crippen molar-refractivity contribution in [2.24, 2.45) is 10.9 Å². The Labute approximate surface area is 157 Å². The number of aryl methyl sites for hydroxylation is 1. The van der Waals surface area contributed by atoms with Gasteiger partial charge in [-0.1, -0.05) is 29.8 Å². The maximum atomic E-state index is 5.28. The zero-order chi connectivity index (χ0) is 15.8. The summed E-state index contributed by atoms with van der Waals surface area (Å²) in [4.78, 5) is 7.17. The number of likely N-dealkylation sites (tertiary alicyclic amines) is 1. The van der Waals surface area contributed by atoms with E-state index in [9.17, 15) is 0 Å². The van der Waals surface area contributed by atoms with E-state index < -0.39 is 0 Å². The molecule has 1 fully saturated rings. The zero-order valence-electron chi connectivity index (χ0n) is 14.5. The molecule has 1 heterocycles. The van der Waals surface area contributed by atoms with E-state index in [1.807, 2.05) is 0 Å². The third kappa shape index (κ3) is 6.67. The molecule has 1 aliphatic heterocycles. The number of hydrogen-bond acceptors (Lipinski definition) is 2. The molecule has 0 bridgehead atoms. The van der Waals surface area contributed by atoms with Crippen molar-refractivity contribution in [2.75, 3.05) is 39.9 Å². The van der Waals surface area contributed by atoms with Crippen LogP contribution < -0.4 is 5.32 Å². The van der Waals surface area contributed by atoms with Gasteiger partial charge in [0.2, 0.25) is 0 Å². The fourth-order valence-corrected chi connectivity index (χ4v) is 2.98. The van der Waals surface area contributed by atoms with Crippen LogP contribution in [0.1, 0.15) is 24.5 Å². The number of halogens is 1. The third-order valence-corrected chi connectivity index (χ3v) is 4.07. The van der Waals surface area contributed by atoms with Crippen LogP contribution in [0.4, 0.5) is 0 Å². The number of rotatable bonds is 6. The van der Waals surface area contributed by atoms with Gasteiger partial charge in [0.05, 0.1) is 6.61 Å². The van der Waals surface area contributed by atoms with Gasteiger partial charge in [0.25, 0.3) is 0 Å². The van der Waals surface area contributed by atoms with Gasteiger partial charge in [0, 0.05) is 39.2 Å². The first-order valence-corrected chi connectivity index (χ1v) is 8.30. The molecule has 0 saturated carbocycles. The first kappa shape index (κ1) is 20.2.